The Kier molecular flexibility index (Phi) is 4.24. The van der Waals surface area contributed by atoms with Gasteiger partial charge in [-0.25, -0.2) is 0 Å². The Morgan fingerprint density at radius 3 is 2.68 bits per heavy atom. The molecule has 1 aliphatic rings. The van der Waals surface area contributed by atoms with Crippen LogP contribution in [0.5, 0.6) is 0 Å². The molecule has 2 aromatic carbocycles. The summed E-state index contributed by atoms with van der Waals surface area (Å²) in [6.07, 6.45) is 2.63. The number of nitrogens with zero attached hydrogens (tertiary/aromatic N) is 4. The molecule has 0 bridgehead atoms. The van der Waals surface area contributed by atoms with Gasteiger partial charge in [0.15, 0.2) is 5.82 Å². The van der Waals surface area contributed by atoms with Gasteiger partial charge >= 0.3 is 0 Å². The topological polar surface area (TPSA) is 72.7 Å². The number of rotatable bonds is 4. The third-order valence-corrected chi connectivity index (χ3v) is 4.67. The lowest BCUT2D eigenvalue weighted by atomic mass is 9.83. The van der Waals surface area contributed by atoms with Gasteiger partial charge in [-0.3, -0.25) is 4.79 Å². The number of tetrazole rings is 1. The van der Waals surface area contributed by atoms with Crippen LogP contribution in [0, 0.1) is 5.92 Å². The Morgan fingerprint density at radius 1 is 1.08 bits per heavy atom. The van der Waals surface area contributed by atoms with Crippen LogP contribution in [0.3, 0.4) is 0 Å². The molecule has 1 aromatic heterocycles. The summed E-state index contributed by atoms with van der Waals surface area (Å²) in [6, 6.07) is 18.0. The molecule has 0 saturated heterocycles. The molecule has 0 saturated carbocycles. The van der Waals surface area contributed by atoms with Crippen molar-refractivity contribution in [2.24, 2.45) is 5.92 Å². The molecule has 0 spiro atoms. The van der Waals surface area contributed by atoms with E-state index in [1.54, 1.807) is 4.68 Å². The van der Waals surface area contributed by atoms with Crippen LogP contribution in [-0.2, 0) is 24.2 Å². The largest absolute Gasteiger partial charge is 0.348 e. The van der Waals surface area contributed by atoms with Crippen molar-refractivity contribution in [2.75, 3.05) is 0 Å². The summed E-state index contributed by atoms with van der Waals surface area (Å²) in [5, 5.41) is 14.8. The van der Waals surface area contributed by atoms with E-state index in [0.29, 0.717) is 12.4 Å². The van der Waals surface area contributed by atoms with Crippen molar-refractivity contribution < 1.29 is 4.79 Å². The number of fused-ring (bicyclic) bond motifs is 1. The first-order valence-corrected chi connectivity index (χ1v) is 8.48. The standard InChI is InChI=1S/C19H19N5O/c25-19(16-11-10-14-6-4-5-7-15(14)12-16)20-13-18-21-22-23-24(18)17-8-2-1-3-9-17/h1-9,16H,10-13H2,(H,20,25)/t16-/m1/s1. The number of nitrogens with one attached hydrogen (secondary N) is 1. The minimum atomic E-state index is 0.0101. The third-order valence-electron chi connectivity index (χ3n) is 4.67. The number of para-hydroxylation sites is 1. The van der Waals surface area contributed by atoms with Crippen LogP contribution < -0.4 is 5.32 Å². The van der Waals surface area contributed by atoms with Gasteiger partial charge in [-0.05, 0) is 52.9 Å². The summed E-state index contributed by atoms with van der Waals surface area (Å²) in [7, 11) is 0. The number of benzene rings is 2. The van der Waals surface area contributed by atoms with Crippen LogP contribution in [-0.4, -0.2) is 26.1 Å². The van der Waals surface area contributed by atoms with Crippen LogP contribution in [0.4, 0.5) is 0 Å². The van der Waals surface area contributed by atoms with Gasteiger partial charge in [0.05, 0.1) is 12.2 Å². The van der Waals surface area contributed by atoms with Crippen molar-refractivity contribution in [1.82, 2.24) is 25.5 Å². The molecular formula is C19H19N5O. The van der Waals surface area contributed by atoms with Crippen LogP contribution in [0.15, 0.2) is 54.6 Å². The molecule has 0 aliphatic heterocycles. The van der Waals surface area contributed by atoms with Gasteiger partial charge in [0.2, 0.25) is 5.91 Å². The number of hydrogen-bond acceptors (Lipinski definition) is 4. The van der Waals surface area contributed by atoms with E-state index in [1.807, 2.05) is 36.4 Å². The molecule has 6 nitrogen and oxygen atoms in total. The van der Waals surface area contributed by atoms with E-state index in [2.05, 4.69) is 39.0 Å². The molecule has 3 aromatic rings. The van der Waals surface area contributed by atoms with Gasteiger partial charge in [0.1, 0.15) is 0 Å². The highest BCUT2D eigenvalue weighted by Crippen LogP contribution is 2.25. The van der Waals surface area contributed by atoms with Crippen molar-refractivity contribution in [2.45, 2.75) is 25.8 Å². The normalized spacial score (nSPS) is 16.2. The van der Waals surface area contributed by atoms with E-state index in [9.17, 15) is 4.79 Å². The van der Waals surface area contributed by atoms with Gasteiger partial charge < -0.3 is 5.32 Å². The van der Waals surface area contributed by atoms with E-state index < -0.39 is 0 Å². The Hall–Kier alpha value is -3.02. The van der Waals surface area contributed by atoms with Crippen LogP contribution in [0.25, 0.3) is 5.69 Å². The molecule has 1 atom stereocenters. The quantitative estimate of drug-likeness (QED) is 0.793. The number of aryl methyl sites for hydroxylation is 1. The maximum atomic E-state index is 12.6. The van der Waals surface area contributed by atoms with Crippen molar-refractivity contribution >= 4 is 5.91 Å². The first-order chi connectivity index (χ1) is 12.3. The summed E-state index contributed by atoms with van der Waals surface area (Å²) in [4.78, 5) is 12.6. The molecule has 0 fully saturated rings. The third kappa shape index (κ3) is 3.28. The van der Waals surface area contributed by atoms with Gasteiger partial charge in [0, 0.05) is 5.92 Å². The molecular weight excluding hydrogens is 314 g/mol. The average Bonchev–Trinajstić information content (AvgIpc) is 3.15. The SMILES string of the molecule is O=C(NCc1nnnn1-c1ccccc1)[C@@H]1CCc2ccccc2C1. The highest BCUT2D eigenvalue weighted by atomic mass is 16.1. The van der Waals surface area contributed by atoms with Gasteiger partial charge in [0.25, 0.3) is 0 Å². The van der Waals surface area contributed by atoms with E-state index in [4.69, 9.17) is 0 Å². The lowest BCUT2D eigenvalue weighted by Gasteiger charge is -2.23. The predicted molar refractivity (Wildman–Crippen MR) is 93.0 cm³/mol. The monoisotopic (exact) mass is 333 g/mol. The van der Waals surface area contributed by atoms with Crippen molar-refractivity contribution in [3.8, 4) is 5.69 Å². The fourth-order valence-corrected chi connectivity index (χ4v) is 3.32. The van der Waals surface area contributed by atoms with E-state index in [-0.39, 0.29) is 11.8 Å². The first kappa shape index (κ1) is 15.5. The fourth-order valence-electron chi connectivity index (χ4n) is 3.32. The zero-order valence-electron chi connectivity index (χ0n) is 13.8. The minimum Gasteiger partial charge on any atom is -0.348 e. The summed E-state index contributed by atoms with van der Waals surface area (Å²) in [6.45, 7) is 0.318. The van der Waals surface area contributed by atoms with Gasteiger partial charge in [-0.15, -0.1) is 5.10 Å². The molecule has 1 heterocycles. The van der Waals surface area contributed by atoms with Crippen LogP contribution in [0.2, 0.25) is 0 Å². The number of hydrogen-bond donors (Lipinski definition) is 1. The fraction of sp³-hybridized carbons (Fsp3) is 0.263. The number of aromatic nitrogens is 4. The number of amides is 1. The molecule has 1 aliphatic carbocycles. The minimum absolute atomic E-state index is 0.0101. The zero-order chi connectivity index (χ0) is 17.1. The first-order valence-electron chi connectivity index (χ1n) is 8.48. The van der Waals surface area contributed by atoms with E-state index in [0.717, 1.165) is 24.9 Å². The van der Waals surface area contributed by atoms with Gasteiger partial charge in [-0.1, -0.05) is 42.5 Å². The predicted octanol–water partition coefficient (Wildman–Crippen LogP) is 2.08. The molecule has 0 unspecified atom stereocenters. The van der Waals surface area contributed by atoms with E-state index >= 15 is 0 Å². The average molecular weight is 333 g/mol. The molecule has 0 radical (unpaired) electrons. The van der Waals surface area contributed by atoms with Gasteiger partial charge in [-0.2, -0.15) is 4.68 Å². The second kappa shape index (κ2) is 6.84. The van der Waals surface area contributed by atoms with Crippen LogP contribution >= 0.6 is 0 Å². The Balaban J connectivity index is 1.41. The molecule has 1 N–H and O–H groups in total. The number of carbonyl (C=O) groups is 1. The van der Waals surface area contributed by atoms with E-state index in [1.165, 1.54) is 11.1 Å². The molecule has 4 rings (SSSR count). The molecule has 25 heavy (non-hydrogen) atoms. The van der Waals surface area contributed by atoms with Crippen molar-refractivity contribution in [3.05, 3.63) is 71.5 Å². The Labute approximate surface area is 145 Å². The summed E-state index contributed by atoms with van der Waals surface area (Å²) in [5.41, 5.74) is 3.52. The lowest BCUT2D eigenvalue weighted by molar-refractivity contribution is -0.125. The Morgan fingerprint density at radius 2 is 1.84 bits per heavy atom. The second-order valence-corrected chi connectivity index (χ2v) is 6.27. The molecule has 1 amide bonds. The van der Waals surface area contributed by atoms with Crippen LogP contribution in [0.1, 0.15) is 23.4 Å². The molecule has 6 heteroatoms. The lowest BCUT2D eigenvalue weighted by Crippen LogP contribution is -2.34. The Bertz CT molecular complexity index is 874. The highest BCUT2D eigenvalue weighted by Gasteiger charge is 2.24. The van der Waals surface area contributed by atoms with Crippen molar-refractivity contribution in [1.29, 1.82) is 0 Å². The molecule has 126 valence electrons. The maximum Gasteiger partial charge on any atom is 0.223 e. The summed E-state index contributed by atoms with van der Waals surface area (Å²) < 4.78 is 1.65. The zero-order valence-corrected chi connectivity index (χ0v) is 13.8. The summed E-state index contributed by atoms with van der Waals surface area (Å²) in [5.74, 6) is 0.698. The second-order valence-electron chi connectivity index (χ2n) is 6.27. The highest BCUT2D eigenvalue weighted by molar-refractivity contribution is 5.79. The smallest absolute Gasteiger partial charge is 0.223 e. The summed E-state index contributed by atoms with van der Waals surface area (Å²) >= 11 is 0. The number of carbonyl (C=O) groups excluding carboxylic acids is 1. The van der Waals surface area contributed by atoms with Crippen molar-refractivity contribution in [3.63, 3.8) is 0 Å². The maximum absolute atomic E-state index is 12.6.